The van der Waals surface area contributed by atoms with Crippen molar-refractivity contribution in [3.8, 4) is 0 Å². The van der Waals surface area contributed by atoms with Crippen LogP contribution in [0.4, 0.5) is 0 Å². The van der Waals surface area contributed by atoms with E-state index in [0.29, 0.717) is 0 Å². The third kappa shape index (κ3) is 2.61. The third-order valence-electron chi connectivity index (χ3n) is 7.72. The van der Waals surface area contributed by atoms with E-state index in [1.165, 1.54) is 22.3 Å². The summed E-state index contributed by atoms with van der Waals surface area (Å²) in [6.45, 7) is 4.59. The highest BCUT2D eigenvalue weighted by atomic mass is 31.2. The van der Waals surface area contributed by atoms with Crippen LogP contribution < -0.4 is 15.9 Å². The summed E-state index contributed by atoms with van der Waals surface area (Å²) in [5, 5.41) is 3.70. The summed E-state index contributed by atoms with van der Waals surface area (Å²) in [6, 6.07) is 35.2. The van der Waals surface area contributed by atoms with Crippen LogP contribution in [0.3, 0.4) is 0 Å². The van der Waals surface area contributed by atoms with Gasteiger partial charge in [0.05, 0.1) is 5.52 Å². The van der Waals surface area contributed by atoms with E-state index in [1.54, 1.807) is 0 Å². The zero-order valence-corrected chi connectivity index (χ0v) is 20.6. The van der Waals surface area contributed by atoms with Gasteiger partial charge in [0.25, 0.3) is 0 Å². The molecule has 0 fully saturated rings. The molecule has 4 aromatic carbocycles. The number of benzene rings is 4. The van der Waals surface area contributed by atoms with Gasteiger partial charge in [-0.05, 0) is 40.0 Å². The summed E-state index contributed by atoms with van der Waals surface area (Å²) in [6.07, 6.45) is 1.85. The molecule has 0 N–H and O–H groups in total. The van der Waals surface area contributed by atoms with Gasteiger partial charge in [0, 0.05) is 38.5 Å². The Morgan fingerprint density at radius 3 is 2.23 bits per heavy atom. The van der Waals surface area contributed by atoms with Crippen LogP contribution in [0.5, 0.6) is 0 Å². The van der Waals surface area contributed by atoms with Crippen LogP contribution in [0, 0.1) is 0 Å². The SMILES string of the molecule is CC1(C)C2=C(c3ccccc31)c1c(ccc3cccnc13)P(=O)(c1ccccc1)c1ccccc12. The van der Waals surface area contributed by atoms with Gasteiger partial charge in [0.1, 0.15) is 0 Å². The second-order valence-electron chi connectivity index (χ2n) is 9.92. The van der Waals surface area contributed by atoms with Gasteiger partial charge in [-0.15, -0.1) is 0 Å². The number of hydrogen-bond acceptors (Lipinski definition) is 2. The monoisotopic (exact) mass is 469 g/mol. The van der Waals surface area contributed by atoms with E-state index in [-0.39, 0.29) is 5.41 Å². The molecule has 1 aliphatic heterocycles. The molecule has 2 heterocycles. The molecule has 1 unspecified atom stereocenters. The molecule has 0 saturated carbocycles. The molecule has 2 nitrogen and oxygen atoms in total. The largest absolute Gasteiger partial charge is 0.309 e. The molecule has 5 aromatic rings. The van der Waals surface area contributed by atoms with E-state index in [4.69, 9.17) is 4.98 Å². The maximum absolute atomic E-state index is 15.6. The Kier molecular flexibility index (Phi) is 4.20. The molecule has 1 aliphatic carbocycles. The molecule has 3 heteroatoms. The predicted octanol–water partition coefficient (Wildman–Crippen LogP) is 6.44. The fraction of sp³-hybridized carbons (Fsp3) is 0.0938. The van der Waals surface area contributed by atoms with E-state index >= 15 is 4.57 Å². The van der Waals surface area contributed by atoms with E-state index in [0.717, 1.165) is 37.9 Å². The maximum atomic E-state index is 15.6. The van der Waals surface area contributed by atoms with Crippen molar-refractivity contribution in [2.75, 3.05) is 0 Å². The summed E-state index contributed by atoms with van der Waals surface area (Å²) >= 11 is 0. The lowest BCUT2D eigenvalue weighted by Crippen LogP contribution is -2.29. The van der Waals surface area contributed by atoms with E-state index in [2.05, 4.69) is 74.5 Å². The Morgan fingerprint density at radius 1 is 0.686 bits per heavy atom. The summed E-state index contributed by atoms with van der Waals surface area (Å²) in [5.74, 6) is 0. The number of aromatic nitrogens is 1. The second kappa shape index (κ2) is 7.13. The molecule has 0 spiro atoms. The molecule has 7 rings (SSSR count). The normalized spacial score (nSPS) is 19.5. The molecule has 1 aromatic heterocycles. The average molecular weight is 470 g/mol. The highest BCUT2D eigenvalue weighted by Crippen LogP contribution is 2.59. The summed E-state index contributed by atoms with van der Waals surface area (Å²) in [5.41, 5.74) is 7.68. The minimum atomic E-state index is -3.20. The molecular formula is C32H24NOP. The molecular weight excluding hydrogens is 445 g/mol. The lowest BCUT2D eigenvalue weighted by molar-refractivity contribution is 0.592. The summed E-state index contributed by atoms with van der Waals surface area (Å²) < 4.78 is 15.6. The Balaban J connectivity index is 1.76. The van der Waals surface area contributed by atoms with Crippen LogP contribution in [0.15, 0.2) is 109 Å². The first-order valence-corrected chi connectivity index (χ1v) is 13.7. The molecule has 0 radical (unpaired) electrons. The number of nitrogens with zero attached hydrogens (tertiary/aromatic N) is 1. The van der Waals surface area contributed by atoms with Crippen molar-refractivity contribution >= 4 is 45.1 Å². The van der Waals surface area contributed by atoms with Crippen molar-refractivity contribution in [1.29, 1.82) is 0 Å². The van der Waals surface area contributed by atoms with Crippen molar-refractivity contribution in [1.82, 2.24) is 4.98 Å². The molecule has 0 amide bonds. The quantitative estimate of drug-likeness (QED) is 0.265. The molecule has 2 aliphatic rings. The first-order chi connectivity index (χ1) is 17.0. The zero-order chi connectivity index (χ0) is 23.8. The number of allylic oxidation sites excluding steroid dienone is 1. The van der Waals surface area contributed by atoms with Gasteiger partial charge in [0.2, 0.25) is 0 Å². The molecule has 35 heavy (non-hydrogen) atoms. The van der Waals surface area contributed by atoms with Crippen LogP contribution in [0.25, 0.3) is 22.0 Å². The van der Waals surface area contributed by atoms with Crippen molar-refractivity contribution in [2.24, 2.45) is 0 Å². The standard InChI is InChI=1S/C32H24NOP/c1-32(2)25-16-8-6-14-23(25)28-29-27(19-18-21-11-10-20-33-31(21)29)35(34,22-12-4-3-5-13-22)26-17-9-7-15-24(26)30(28)32/h3-20H,1-2H3. The van der Waals surface area contributed by atoms with Crippen molar-refractivity contribution in [2.45, 2.75) is 19.3 Å². The van der Waals surface area contributed by atoms with Crippen LogP contribution in [-0.2, 0) is 9.98 Å². The van der Waals surface area contributed by atoms with Crippen molar-refractivity contribution < 1.29 is 4.57 Å². The Bertz CT molecular complexity index is 1750. The van der Waals surface area contributed by atoms with Crippen LogP contribution in [0.2, 0.25) is 0 Å². The molecule has 0 bridgehead atoms. The highest BCUT2D eigenvalue weighted by Gasteiger charge is 2.47. The van der Waals surface area contributed by atoms with Crippen LogP contribution in [0.1, 0.15) is 36.1 Å². The maximum Gasteiger partial charge on any atom is 0.172 e. The number of pyridine rings is 1. The smallest absolute Gasteiger partial charge is 0.172 e. The number of fused-ring (bicyclic) bond motifs is 8. The molecule has 1 atom stereocenters. The van der Waals surface area contributed by atoms with Gasteiger partial charge in [-0.3, -0.25) is 4.98 Å². The van der Waals surface area contributed by atoms with Crippen LogP contribution in [-0.4, -0.2) is 4.98 Å². The minimum Gasteiger partial charge on any atom is -0.309 e. The Hall–Kier alpha value is -3.74. The number of hydrogen-bond donors (Lipinski definition) is 0. The van der Waals surface area contributed by atoms with E-state index < -0.39 is 7.14 Å². The summed E-state index contributed by atoms with van der Waals surface area (Å²) in [7, 11) is -3.20. The lowest BCUT2D eigenvalue weighted by atomic mass is 9.78. The van der Waals surface area contributed by atoms with E-state index in [1.807, 2.05) is 48.7 Å². The average Bonchev–Trinajstić information content (AvgIpc) is 3.08. The fourth-order valence-electron chi connectivity index (χ4n) is 6.21. The predicted molar refractivity (Wildman–Crippen MR) is 147 cm³/mol. The minimum absolute atomic E-state index is 0.248. The van der Waals surface area contributed by atoms with Gasteiger partial charge in [-0.1, -0.05) is 105 Å². The van der Waals surface area contributed by atoms with Crippen molar-refractivity contribution in [3.63, 3.8) is 0 Å². The second-order valence-corrected chi connectivity index (χ2v) is 12.6. The van der Waals surface area contributed by atoms with Gasteiger partial charge in [-0.2, -0.15) is 0 Å². The highest BCUT2D eigenvalue weighted by molar-refractivity contribution is 7.85. The summed E-state index contributed by atoms with van der Waals surface area (Å²) in [4.78, 5) is 4.88. The van der Waals surface area contributed by atoms with E-state index in [9.17, 15) is 0 Å². The Morgan fingerprint density at radius 2 is 1.40 bits per heavy atom. The molecule has 168 valence electrons. The molecule has 0 saturated heterocycles. The lowest BCUT2D eigenvalue weighted by Gasteiger charge is -2.28. The fourth-order valence-corrected chi connectivity index (χ4v) is 9.25. The van der Waals surface area contributed by atoms with Gasteiger partial charge in [-0.25, -0.2) is 0 Å². The topological polar surface area (TPSA) is 30.0 Å². The number of rotatable bonds is 1. The Labute approximate surface area is 205 Å². The van der Waals surface area contributed by atoms with Crippen molar-refractivity contribution in [3.05, 3.63) is 132 Å². The van der Waals surface area contributed by atoms with Gasteiger partial charge >= 0.3 is 0 Å². The first kappa shape index (κ1) is 20.6. The third-order valence-corrected chi connectivity index (χ3v) is 10.9. The van der Waals surface area contributed by atoms with Gasteiger partial charge < -0.3 is 4.57 Å². The zero-order valence-electron chi connectivity index (χ0n) is 19.7. The first-order valence-electron chi connectivity index (χ1n) is 12.0. The van der Waals surface area contributed by atoms with Crippen LogP contribution >= 0.6 is 7.14 Å². The van der Waals surface area contributed by atoms with Gasteiger partial charge in [0.15, 0.2) is 7.14 Å².